The summed E-state index contributed by atoms with van der Waals surface area (Å²) in [7, 11) is 0. The fourth-order valence-corrected chi connectivity index (χ4v) is 5.49. The summed E-state index contributed by atoms with van der Waals surface area (Å²) in [6.07, 6.45) is 4.08. The van der Waals surface area contributed by atoms with Crippen molar-refractivity contribution >= 4 is 17.6 Å². The third kappa shape index (κ3) is 7.31. The lowest BCUT2D eigenvalue weighted by molar-refractivity contribution is -0.151. The first kappa shape index (κ1) is 32.5. The van der Waals surface area contributed by atoms with Crippen LogP contribution in [-0.4, -0.2) is 35.6 Å². The molecule has 0 spiro atoms. The van der Waals surface area contributed by atoms with E-state index >= 15 is 8.78 Å². The number of rotatable bonds is 12. The number of aryl methyl sites for hydroxylation is 1. The molecule has 0 radical (unpaired) electrons. The predicted octanol–water partition coefficient (Wildman–Crippen LogP) is 5.96. The summed E-state index contributed by atoms with van der Waals surface area (Å²) >= 11 is 0. The molecule has 46 heavy (non-hydrogen) atoms. The zero-order chi connectivity index (χ0) is 32.8. The number of ketones is 1. The highest BCUT2D eigenvalue weighted by Crippen LogP contribution is 2.28. The van der Waals surface area contributed by atoms with Crippen LogP contribution in [0.15, 0.2) is 77.6 Å². The van der Waals surface area contributed by atoms with E-state index in [-0.39, 0.29) is 35.6 Å². The fraction of sp³-hybridized carbons (Fsp3) is 0.286. The van der Waals surface area contributed by atoms with E-state index in [1.54, 1.807) is 6.92 Å². The molecule has 0 saturated heterocycles. The Morgan fingerprint density at radius 1 is 0.935 bits per heavy atom. The molecule has 0 bridgehead atoms. The van der Waals surface area contributed by atoms with Gasteiger partial charge in [0, 0.05) is 18.2 Å². The maximum atomic E-state index is 15.3. The second kappa shape index (κ2) is 14.5. The summed E-state index contributed by atoms with van der Waals surface area (Å²) in [5.41, 5.74) is 5.12. The molecule has 11 heteroatoms. The van der Waals surface area contributed by atoms with E-state index < -0.39 is 46.3 Å². The minimum Gasteiger partial charge on any atom is -0.493 e. The molecule has 1 saturated carbocycles. The van der Waals surface area contributed by atoms with Gasteiger partial charge in [0.05, 0.1) is 17.7 Å². The van der Waals surface area contributed by atoms with E-state index in [2.05, 4.69) is 5.32 Å². The molecule has 8 nitrogen and oxygen atoms in total. The van der Waals surface area contributed by atoms with Gasteiger partial charge in [-0.15, -0.1) is 0 Å². The summed E-state index contributed by atoms with van der Waals surface area (Å²) in [6.45, 7) is 2.05. The van der Waals surface area contributed by atoms with E-state index in [1.165, 1.54) is 18.2 Å². The van der Waals surface area contributed by atoms with Gasteiger partial charge >= 0.3 is 5.97 Å². The monoisotopic (exact) mass is 633 g/mol. The topological polar surface area (TPSA) is 113 Å². The van der Waals surface area contributed by atoms with Crippen LogP contribution >= 0.6 is 0 Å². The molecule has 1 aromatic heterocycles. The SMILES string of the molecule is Cc1ccc(C(=O)c2ccc(=O)n(-c3c(F)cc(OCCCN[C@@H](C(=O)OC4CCCC4)c4ccccc4)cc3F)c2N)c(F)c1. The maximum absolute atomic E-state index is 15.3. The number of pyridine rings is 1. The number of halogens is 3. The molecule has 1 fully saturated rings. The first-order valence-electron chi connectivity index (χ1n) is 15.1. The van der Waals surface area contributed by atoms with Gasteiger partial charge in [-0.05, 0) is 74.9 Å². The van der Waals surface area contributed by atoms with Gasteiger partial charge in [0.15, 0.2) is 17.4 Å². The number of hydrogen-bond acceptors (Lipinski definition) is 7. The van der Waals surface area contributed by atoms with Crippen molar-refractivity contribution in [1.82, 2.24) is 9.88 Å². The Balaban J connectivity index is 1.26. The van der Waals surface area contributed by atoms with Gasteiger partial charge in [-0.3, -0.25) is 14.2 Å². The van der Waals surface area contributed by atoms with Crippen LogP contribution in [0.2, 0.25) is 0 Å². The molecule has 0 amide bonds. The second-order valence-corrected chi connectivity index (χ2v) is 11.2. The Morgan fingerprint density at radius 2 is 1.61 bits per heavy atom. The molecule has 1 aliphatic carbocycles. The summed E-state index contributed by atoms with van der Waals surface area (Å²) < 4.78 is 56.9. The van der Waals surface area contributed by atoms with Crippen molar-refractivity contribution in [3.05, 3.63) is 123 Å². The number of anilines is 1. The molecule has 1 atom stereocenters. The summed E-state index contributed by atoms with van der Waals surface area (Å²) in [5, 5.41) is 3.19. The van der Waals surface area contributed by atoms with E-state index in [0.29, 0.717) is 23.1 Å². The van der Waals surface area contributed by atoms with Crippen molar-refractivity contribution < 1.29 is 32.2 Å². The third-order valence-corrected chi connectivity index (χ3v) is 7.85. The fourth-order valence-electron chi connectivity index (χ4n) is 5.49. The number of nitrogens with one attached hydrogen (secondary N) is 1. The van der Waals surface area contributed by atoms with E-state index in [9.17, 15) is 18.8 Å². The number of nitrogens with two attached hydrogens (primary N) is 1. The van der Waals surface area contributed by atoms with Gasteiger partial charge in [-0.25, -0.2) is 18.0 Å². The van der Waals surface area contributed by atoms with Crippen molar-refractivity contribution in [3.63, 3.8) is 0 Å². The standard InChI is InChI=1S/C35H34F3N3O5/c1-21-12-13-25(27(36)18-21)33(43)26-14-15-30(42)41(34(26)39)32-28(37)19-24(20-29(32)38)45-17-7-16-40-31(22-8-3-2-4-9-22)35(44)46-23-10-5-6-11-23/h2-4,8-9,12-15,18-20,23,31,40H,5-7,10-11,16-17,39H2,1H3/t31-/m1/s1. The highest BCUT2D eigenvalue weighted by atomic mass is 19.1. The minimum absolute atomic E-state index is 0.0542. The molecule has 3 aromatic carbocycles. The van der Waals surface area contributed by atoms with Crippen LogP contribution in [0.1, 0.15) is 65.2 Å². The quantitative estimate of drug-likeness (QED) is 0.112. The van der Waals surface area contributed by atoms with Crippen LogP contribution in [0.4, 0.5) is 19.0 Å². The molecular formula is C35H34F3N3O5. The number of carbonyl (C=O) groups excluding carboxylic acids is 2. The Bertz CT molecular complexity index is 1770. The number of nitrogen functional groups attached to an aromatic ring is 1. The maximum Gasteiger partial charge on any atom is 0.328 e. The molecule has 0 unspecified atom stereocenters. The van der Waals surface area contributed by atoms with E-state index in [1.807, 2.05) is 30.3 Å². The largest absolute Gasteiger partial charge is 0.493 e. The number of aromatic nitrogens is 1. The first-order valence-corrected chi connectivity index (χ1v) is 15.1. The molecule has 0 aliphatic heterocycles. The minimum atomic E-state index is -1.16. The second-order valence-electron chi connectivity index (χ2n) is 11.2. The Labute approximate surface area is 264 Å². The van der Waals surface area contributed by atoms with E-state index in [0.717, 1.165) is 55.5 Å². The smallest absolute Gasteiger partial charge is 0.328 e. The first-order chi connectivity index (χ1) is 22.1. The average molecular weight is 634 g/mol. The summed E-state index contributed by atoms with van der Waals surface area (Å²) in [5.74, 6) is -5.01. The lowest BCUT2D eigenvalue weighted by Gasteiger charge is -2.21. The van der Waals surface area contributed by atoms with Crippen LogP contribution in [0, 0.1) is 24.4 Å². The summed E-state index contributed by atoms with van der Waals surface area (Å²) in [4.78, 5) is 38.7. The van der Waals surface area contributed by atoms with E-state index in [4.69, 9.17) is 15.2 Å². The molecule has 1 heterocycles. The zero-order valence-corrected chi connectivity index (χ0v) is 25.2. The molecule has 4 aromatic rings. The molecule has 1 aliphatic rings. The van der Waals surface area contributed by atoms with Crippen LogP contribution in [0.25, 0.3) is 5.69 Å². The highest BCUT2D eigenvalue weighted by Gasteiger charge is 2.27. The van der Waals surface area contributed by atoms with Gasteiger partial charge in [-0.1, -0.05) is 36.4 Å². The average Bonchev–Trinajstić information content (AvgIpc) is 3.53. The Hall–Kier alpha value is -4.90. The van der Waals surface area contributed by atoms with Crippen LogP contribution in [-0.2, 0) is 9.53 Å². The lowest BCUT2D eigenvalue weighted by Crippen LogP contribution is -2.33. The van der Waals surface area contributed by atoms with Gasteiger partial charge in [-0.2, -0.15) is 0 Å². The summed E-state index contributed by atoms with van der Waals surface area (Å²) in [6, 6.07) is 16.3. The van der Waals surface area contributed by atoms with Gasteiger partial charge in [0.1, 0.15) is 35.2 Å². The van der Waals surface area contributed by atoms with Crippen LogP contribution in [0.3, 0.4) is 0 Å². The number of benzene rings is 3. The van der Waals surface area contributed by atoms with Gasteiger partial charge in [0.2, 0.25) is 0 Å². The molecular weight excluding hydrogens is 599 g/mol. The predicted molar refractivity (Wildman–Crippen MR) is 167 cm³/mol. The normalized spacial score (nSPS) is 13.8. The molecule has 3 N–H and O–H groups in total. The van der Waals surface area contributed by atoms with Crippen molar-refractivity contribution in [3.8, 4) is 11.4 Å². The van der Waals surface area contributed by atoms with Crippen molar-refractivity contribution in [1.29, 1.82) is 0 Å². The lowest BCUT2D eigenvalue weighted by atomic mass is 10.0. The van der Waals surface area contributed by atoms with Crippen molar-refractivity contribution in [2.75, 3.05) is 18.9 Å². The third-order valence-electron chi connectivity index (χ3n) is 7.85. The Morgan fingerprint density at radius 3 is 2.28 bits per heavy atom. The van der Waals surface area contributed by atoms with Gasteiger partial charge < -0.3 is 20.5 Å². The van der Waals surface area contributed by atoms with Crippen molar-refractivity contribution in [2.24, 2.45) is 0 Å². The zero-order valence-electron chi connectivity index (χ0n) is 25.2. The number of esters is 1. The number of ether oxygens (including phenoxy) is 2. The Kier molecular flexibility index (Phi) is 10.2. The van der Waals surface area contributed by atoms with Crippen LogP contribution in [0.5, 0.6) is 5.75 Å². The number of carbonyl (C=O) groups is 2. The molecule has 240 valence electrons. The number of hydrogen-bond donors (Lipinski definition) is 2. The number of nitrogens with zero attached hydrogens (tertiary/aromatic N) is 1. The van der Waals surface area contributed by atoms with Gasteiger partial charge in [0.25, 0.3) is 5.56 Å². The van der Waals surface area contributed by atoms with Crippen LogP contribution < -0.4 is 21.3 Å². The molecule has 5 rings (SSSR count). The van der Waals surface area contributed by atoms with Crippen molar-refractivity contribution in [2.45, 2.75) is 51.2 Å². The highest BCUT2D eigenvalue weighted by molar-refractivity contribution is 6.12.